The van der Waals surface area contributed by atoms with Crippen molar-refractivity contribution in [1.82, 2.24) is 4.98 Å². The zero-order chi connectivity index (χ0) is 9.26. The standard InChI is InChI=1S/C11H11NO/c1-8-3-2-4-11-10(8)7-9(12-11)5-6-13/h2-4,6-7,12H,5H2,1H3. The molecule has 0 unspecified atom stereocenters. The number of carbonyl (C=O) groups is 1. The highest BCUT2D eigenvalue weighted by atomic mass is 16.1. The van der Waals surface area contributed by atoms with Gasteiger partial charge in [0.15, 0.2) is 0 Å². The molecular formula is C11H11NO. The zero-order valence-electron chi connectivity index (χ0n) is 7.50. The van der Waals surface area contributed by atoms with E-state index < -0.39 is 0 Å². The molecule has 0 amide bonds. The molecule has 2 aromatic rings. The largest absolute Gasteiger partial charge is 0.358 e. The summed E-state index contributed by atoms with van der Waals surface area (Å²) < 4.78 is 0. The van der Waals surface area contributed by atoms with Gasteiger partial charge in [0.1, 0.15) is 6.29 Å². The van der Waals surface area contributed by atoms with Crippen molar-refractivity contribution >= 4 is 17.2 Å². The molecule has 1 aromatic heterocycles. The van der Waals surface area contributed by atoms with E-state index >= 15 is 0 Å². The van der Waals surface area contributed by atoms with Gasteiger partial charge in [-0.3, -0.25) is 0 Å². The van der Waals surface area contributed by atoms with Gasteiger partial charge in [-0.15, -0.1) is 0 Å². The number of benzene rings is 1. The van der Waals surface area contributed by atoms with Crippen LogP contribution in [0.25, 0.3) is 10.9 Å². The van der Waals surface area contributed by atoms with E-state index in [9.17, 15) is 4.79 Å². The van der Waals surface area contributed by atoms with E-state index in [0.29, 0.717) is 6.42 Å². The van der Waals surface area contributed by atoms with Gasteiger partial charge < -0.3 is 9.78 Å². The van der Waals surface area contributed by atoms with Gasteiger partial charge in [-0.1, -0.05) is 12.1 Å². The fourth-order valence-electron chi connectivity index (χ4n) is 1.56. The minimum atomic E-state index is 0.466. The molecule has 1 aromatic carbocycles. The monoisotopic (exact) mass is 173 g/mol. The predicted molar refractivity (Wildman–Crippen MR) is 52.8 cm³/mol. The Kier molecular flexibility index (Phi) is 1.89. The Morgan fingerprint density at radius 3 is 3.00 bits per heavy atom. The van der Waals surface area contributed by atoms with Crippen LogP contribution in [-0.4, -0.2) is 11.3 Å². The van der Waals surface area contributed by atoms with E-state index in [1.54, 1.807) is 0 Å². The summed E-state index contributed by atoms with van der Waals surface area (Å²) in [4.78, 5) is 13.5. The first kappa shape index (κ1) is 8.05. The molecule has 2 nitrogen and oxygen atoms in total. The Hall–Kier alpha value is -1.57. The molecule has 2 heteroatoms. The number of aromatic nitrogens is 1. The van der Waals surface area contributed by atoms with Gasteiger partial charge in [-0.25, -0.2) is 0 Å². The van der Waals surface area contributed by atoms with E-state index in [1.165, 1.54) is 10.9 Å². The molecule has 0 spiro atoms. The second kappa shape index (κ2) is 3.05. The summed E-state index contributed by atoms with van der Waals surface area (Å²) in [5, 5.41) is 1.21. The third-order valence-electron chi connectivity index (χ3n) is 2.24. The van der Waals surface area contributed by atoms with Gasteiger partial charge in [0.2, 0.25) is 0 Å². The molecule has 66 valence electrons. The Morgan fingerprint density at radius 2 is 2.31 bits per heavy atom. The van der Waals surface area contributed by atoms with E-state index in [4.69, 9.17) is 0 Å². The molecule has 1 N–H and O–H groups in total. The Balaban J connectivity index is 2.61. The maximum atomic E-state index is 10.3. The average Bonchev–Trinajstić information content (AvgIpc) is 2.49. The van der Waals surface area contributed by atoms with Crippen molar-refractivity contribution in [1.29, 1.82) is 0 Å². The minimum Gasteiger partial charge on any atom is -0.358 e. The third-order valence-corrected chi connectivity index (χ3v) is 2.24. The normalized spacial score (nSPS) is 10.5. The van der Waals surface area contributed by atoms with Crippen molar-refractivity contribution in [3.63, 3.8) is 0 Å². The molecule has 0 saturated carbocycles. The molecular weight excluding hydrogens is 162 g/mol. The fourth-order valence-corrected chi connectivity index (χ4v) is 1.56. The Morgan fingerprint density at radius 1 is 1.46 bits per heavy atom. The summed E-state index contributed by atoms with van der Waals surface area (Å²) in [5.41, 5.74) is 3.34. The lowest BCUT2D eigenvalue weighted by Crippen LogP contribution is -1.83. The highest BCUT2D eigenvalue weighted by Crippen LogP contribution is 2.18. The third kappa shape index (κ3) is 1.35. The second-order valence-corrected chi connectivity index (χ2v) is 3.20. The summed E-state index contributed by atoms with van der Waals surface area (Å²) in [7, 11) is 0. The topological polar surface area (TPSA) is 32.9 Å². The molecule has 1 heterocycles. The van der Waals surface area contributed by atoms with Crippen LogP contribution in [0.5, 0.6) is 0 Å². The molecule has 0 aliphatic rings. The van der Waals surface area contributed by atoms with Gasteiger partial charge in [-0.05, 0) is 24.6 Å². The highest BCUT2D eigenvalue weighted by Gasteiger charge is 2.01. The van der Waals surface area contributed by atoms with Crippen molar-refractivity contribution in [2.24, 2.45) is 0 Å². The van der Waals surface area contributed by atoms with Crippen molar-refractivity contribution in [3.05, 3.63) is 35.5 Å². The van der Waals surface area contributed by atoms with Crippen LogP contribution in [0, 0.1) is 6.92 Å². The van der Waals surface area contributed by atoms with Crippen LogP contribution in [0.15, 0.2) is 24.3 Å². The van der Waals surface area contributed by atoms with Crippen LogP contribution in [0.3, 0.4) is 0 Å². The summed E-state index contributed by atoms with van der Waals surface area (Å²) in [6.07, 6.45) is 1.38. The number of aromatic amines is 1. The lowest BCUT2D eigenvalue weighted by atomic mass is 10.1. The number of aldehydes is 1. The highest BCUT2D eigenvalue weighted by molar-refractivity contribution is 5.84. The first-order valence-corrected chi connectivity index (χ1v) is 4.32. The second-order valence-electron chi connectivity index (χ2n) is 3.20. The Labute approximate surface area is 76.6 Å². The molecule has 0 aliphatic heterocycles. The number of hydrogen-bond acceptors (Lipinski definition) is 1. The van der Waals surface area contributed by atoms with Crippen LogP contribution in [-0.2, 0) is 11.2 Å². The first-order valence-electron chi connectivity index (χ1n) is 4.32. The molecule has 0 aliphatic carbocycles. The molecule has 13 heavy (non-hydrogen) atoms. The lowest BCUT2D eigenvalue weighted by Gasteiger charge is -1.92. The zero-order valence-corrected chi connectivity index (χ0v) is 7.50. The quantitative estimate of drug-likeness (QED) is 0.694. The Bertz CT molecular complexity index is 442. The molecule has 2 rings (SSSR count). The minimum absolute atomic E-state index is 0.466. The van der Waals surface area contributed by atoms with Gasteiger partial charge >= 0.3 is 0 Å². The molecule has 0 radical (unpaired) electrons. The van der Waals surface area contributed by atoms with Crippen LogP contribution in [0.1, 0.15) is 11.3 Å². The fraction of sp³-hybridized carbons (Fsp3) is 0.182. The maximum absolute atomic E-state index is 10.3. The first-order chi connectivity index (χ1) is 6.31. The summed E-state index contributed by atoms with van der Waals surface area (Å²) in [5.74, 6) is 0. The number of hydrogen-bond donors (Lipinski definition) is 1. The smallest absolute Gasteiger partial charge is 0.125 e. The van der Waals surface area contributed by atoms with E-state index in [2.05, 4.69) is 18.0 Å². The van der Waals surface area contributed by atoms with E-state index in [0.717, 1.165) is 17.5 Å². The number of aryl methyl sites for hydroxylation is 1. The van der Waals surface area contributed by atoms with Crippen LogP contribution in [0.2, 0.25) is 0 Å². The lowest BCUT2D eigenvalue weighted by molar-refractivity contribution is -0.107. The van der Waals surface area contributed by atoms with Crippen LogP contribution >= 0.6 is 0 Å². The summed E-state index contributed by atoms with van der Waals surface area (Å²) in [6, 6.07) is 8.15. The van der Waals surface area contributed by atoms with Gasteiger partial charge in [0.25, 0.3) is 0 Å². The molecule has 0 fully saturated rings. The van der Waals surface area contributed by atoms with Crippen molar-refractivity contribution < 1.29 is 4.79 Å². The number of carbonyl (C=O) groups excluding carboxylic acids is 1. The van der Waals surface area contributed by atoms with Crippen molar-refractivity contribution in [2.75, 3.05) is 0 Å². The van der Waals surface area contributed by atoms with Crippen LogP contribution in [0.4, 0.5) is 0 Å². The van der Waals surface area contributed by atoms with Crippen molar-refractivity contribution in [2.45, 2.75) is 13.3 Å². The predicted octanol–water partition coefficient (Wildman–Crippen LogP) is 2.22. The summed E-state index contributed by atoms with van der Waals surface area (Å²) >= 11 is 0. The molecule has 0 atom stereocenters. The summed E-state index contributed by atoms with van der Waals surface area (Å²) in [6.45, 7) is 2.07. The molecule has 0 saturated heterocycles. The number of fused-ring (bicyclic) bond motifs is 1. The van der Waals surface area contributed by atoms with E-state index in [-0.39, 0.29) is 0 Å². The number of H-pyrrole nitrogens is 1. The van der Waals surface area contributed by atoms with Gasteiger partial charge in [0.05, 0.1) is 0 Å². The van der Waals surface area contributed by atoms with Gasteiger partial charge in [0, 0.05) is 23.0 Å². The number of rotatable bonds is 2. The van der Waals surface area contributed by atoms with E-state index in [1.807, 2.05) is 18.2 Å². The molecule has 0 bridgehead atoms. The number of nitrogens with one attached hydrogen (secondary N) is 1. The maximum Gasteiger partial charge on any atom is 0.125 e. The van der Waals surface area contributed by atoms with Crippen LogP contribution < -0.4 is 0 Å². The van der Waals surface area contributed by atoms with Gasteiger partial charge in [-0.2, -0.15) is 0 Å². The average molecular weight is 173 g/mol. The van der Waals surface area contributed by atoms with Crippen molar-refractivity contribution in [3.8, 4) is 0 Å². The SMILES string of the molecule is Cc1cccc2[nH]c(CC=O)cc12.